The van der Waals surface area contributed by atoms with Gasteiger partial charge in [-0.1, -0.05) is 0 Å². The van der Waals surface area contributed by atoms with Crippen LogP contribution in [-0.4, -0.2) is 9.55 Å². The van der Waals surface area contributed by atoms with Crippen LogP contribution in [-0.2, 0) is 0 Å². The van der Waals surface area contributed by atoms with Gasteiger partial charge in [0.25, 0.3) is 0 Å². The van der Waals surface area contributed by atoms with Crippen LogP contribution in [0.25, 0.3) is 11.0 Å². The zero-order valence-electron chi connectivity index (χ0n) is 8.85. The van der Waals surface area contributed by atoms with Gasteiger partial charge in [0.1, 0.15) is 0 Å². The first kappa shape index (κ1) is 9.22. The Labute approximate surface area is 93.3 Å². The number of hydrogen-bond donors (Lipinski definition) is 1. The van der Waals surface area contributed by atoms with Crippen molar-refractivity contribution in [2.24, 2.45) is 0 Å². The number of fused-ring (bicyclic) bond motifs is 1. The van der Waals surface area contributed by atoms with Crippen LogP contribution >= 0.6 is 0 Å². The molecule has 1 aromatic carbocycles. The van der Waals surface area contributed by atoms with Gasteiger partial charge in [0.15, 0.2) is 0 Å². The van der Waals surface area contributed by atoms with Crippen LogP contribution in [0.3, 0.4) is 0 Å². The molecule has 4 heteroatoms. The summed E-state index contributed by atoms with van der Waals surface area (Å²) in [5.41, 5.74) is 8.45. The molecule has 1 aromatic heterocycles. The summed E-state index contributed by atoms with van der Waals surface area (Å²) in [5, 5.41) is 8.89. The van der Waals surface area contributed by atoms with Gasteiger partial charge in [-0.3, -0.25) is 0 Å². The molecule has 0 bridgehead atoms. The average Bonchev–Trinajstić information content (AvgIpc) is 2.53. The molecule has 0 atom stereocenters. The zero-order chi connectivity index (χ0) is 11.1. The van der Waals surface area contributed by atoms with Gasteiger partial charge in [-0.15, -0.1) is 0 Å². The van der Waals surface area contributed by atoms with E-state index in [4.69, 9.17) is 11.0 Å². The fraction of sp³-hybridized carbons (Fsp3) is 0.333. The van der Waals surface area contributed by atoms with Crippen molar-refractivity contribution in [1.29, 1.82) is 5.26 Å². The Kier molecular flexibility index (Phi) is 1.87. The van der Waals surface area contributed by atoms with E-state index in [9.17, 15) is 0 Å². The highest BCUT2D eigenvalue weighted by Crippen LogP contribution is 2.36. The first-order valence-electron chi connectivity index (χ1n) is 5.47. The molecule has 3 rings (SSSR count). The topological polar surface area (TPSA) is 67.6 Å². The molecule has 0 saturated heterocycles. The Hall–Kier alpha value is -2.02. The Morgan fingerprint density at radius 3 is 2.88 bits per heavy atom. The summed E-state index contributed by atoms with van der Waals surface area (Å²) < 4.78 is 2.07. The predicted octanol–water partition coefficient (Wildman–Crippen LogP) is 2.22. The highest BCUT2D eigenvalue weighted by Gasteiger charge is 2.23. The van der Waals surface area contributed by atoms with Gasteiger partial charge in [-0.25, -0.2) is 4.98 Å². The fourth-order valence-electron chi connectivity index (χ4n) is 2.21. The number of nitriles is 1. The Bertz CT molecular complexity index is 587. The number of rotatable bonds is 1. The minimum absolute atomic E-state index is 0.471. The molecule has 1 fully saturated rings. The van der Waals surface area contributed by atoms with Crippen LogP contribution in [0.1, 0.15) is 30.9 Å². The molecule has 1 aliphatic carbocycles. The maximum absolute atomic E-state index is 8.89. The average molecular weight is 212 g/mol. The second-order valence-electron chi connectivity index (χ2n) is 4.24. The molecule has 80 valence electrons. The summed E-state index contributed by atoms with van der Waals surface area (Å²) in [6, 6.07) is 8.13. The van der Waals surface area contributed by atoms with E-state index in [1.165, 1.54) is 6.42 Å². The Morgan fingerprint density at radius 1 is 1.44 bits per heavy atom. The molecule has 0 spiro atoms. The molecule has 0 amide bonds. The molecule has 0 unspecified atom stereocenters. The third-order valence-electron chi connectivity index (χ3n) is 3.29. The molecule has 1 heterocycles. The summed E-state index contributed by atoms with van der Waals surface area (Å²) in [5.74, 6) is 0.565. The summed E-state index contributed by atoms with van der Waals surface area (Å²) in [6.45, 7) is 0. The Balaban J connectivity index is 2.24. The van der Waals surface area contributed by atoms with Gasteiger partial charge in [0.2, 0.25) is 5.95 Å². The van der Waals surface area contributed by atoms with E-state index < -0.39 is 0 Å². The number of benzene rings is 1. The van der Waals surface area contributed by atoms with Gasteiger partial charge < -0.3 is 10.3 Å². The minimum atomic E-state index is 0.471. The van der Waals surface area contributed by atoms with Crippen molar-refractivity contribution in [2.75, 3.05) is 5.73 Å². The van der Waals surface area contributed by atoms with Crippen LogP contribution in [0.2, 0.25) is 0 Å². The van der Waals surface area contributed by atoms with Crippen LogP contribution in [0.15, 0.2) is 18.2 Å². The number of anilines is 1. The van der Waals surface area contributed by atoms with Crippen molar-refractivity contribution in [3.8, 4) is 6.07 Å². The maximum Gasteiger partial charge on any atom is 0.201 e. The molecule has 0 aliphatic heterocycles. The number of nitrogens with zero attached hydrogens (tertiary/aromatic N) is 3. The van der Waals surface area contributed by atoms with Gasteiger partial charge in [-0.05, 0) is 37.5 Å². The normalized spacial score (nSPS) is 15.9. The third kappa shape index (κ3) is 1.18. The lowest BCUT2D eigenvalue weighted by Gasteiger charge is -2.28. The molecule has 16 heavy (non-hydrogen) atoms. The summed E-state index contributed by atoms with van der Waals surface area (Å²) in [4.78, 5) is 4.32. The van der Waals surface area contributed by atoms with Crippen LogP contribution in [0.4, 0.5) is 5.95 Å². The molecule has 2 aromatic rings. The molecule has 2 N–H and O–H groups in total. The lowest BCUT2D eigenvalue weighted by molar-refractivity contribution is 0.324. The standard InChI is InChI=1S/C12H12N4/c13-7-8-4-5-10-11(6-8)16(12(14)15-10)9-2-1-3-9/h4-6,9H,1-3H2,(H2,14,15). The number of imidazole rings is 1. The monoisotopic (exact) mass is 212 g/mol. The van der Waals surface area contributed by atoms with Crippen LogP contribution in [0.5, 0.6) is 0 Å². The van der Waals surface area contributed by atoms with Crippen molar-refractivity contribution in [3.63, 3.8) is 0 Å². The highest BCUT2D eigenvalue weighted by molar-refractivity contribution is 5.80. The van der Waals surface area contributed by atoms with Crippen molar-refractivity contribution in [3.05, 3.63) is 23.8 Å². The van der Waals surface area contributed by atoms with Gasteiger partial charge in [0.05, 0.1) is 22.7 Å². The Morgan fingerprint density at radius 2 is 2.25 bits per heavy atom. The van der Waals surface area contributed by atoms with Gasteiger partial charge >= 0.3 is 0 Å². The van der Waals surface area contributed by atoms with Crippen molar-refractivity contribution in [2.45, 2.75) is 25.3 Å². The highest BCUT2D eigenvalue weighted by atomic mass is 15.2. The summed E-state index contributed by atoms with van der Waals surface area (Å²) in [7, 11) is 0. The van der Waals surface area contributed by atoms with Crippen molar-refractivity contribution >= 4 is 17.0 Å². The first-order valence-corrected chi connectivity index (χ1v) is 5.47. The number of nitrogen functional groups attached to an aromatic ring is 1. The van der Waals surface area contributed by atoms with Crippen LogP contribution < -0.4 is 5.73 Å². The smallest absolute Gasteiger partial charge is 0.201 e. The lowest BCUT2D eigenvalue weighted by atomic mass is 9.92. The molecule has 0 radical (unpaired) electrons. The molecular formula is C12H12N4. The summed E-state index contributed by atoms with van der Waals surface area (Å²) >= 11 is 0. The molecule has 4 nitrogen and oxygen atoms in total. The summed E-state index contributed by atoms with van der Waals surface area (Å²) in [6.07, 6.45) is 3.57. The van der Waals surface area contributed by atoms with E-state index in [0.717, 1.165) is 23.9 Å². The minimum Gasteiger partial charge on any atom is -0.369 e. The quantitative estimate of drug-likeness (QED) is 0.788. The maximum atomic E-state index is 8.89. The van der Waals surface area contributed by atoms with E-state index in [2.05, 4.69) is 15.6 Å². The van der Waals surface area contributed by atoms with E-state index >= 15 is 0 Å². The molecular weight excluding hydrogens is 200 g/mol. The van der Waals surface area contributed by atoms with E-state index in [1.54, 1.807) is 6.07 Å². The fourth-order valence-corrected chi connectivity index (χ4v) is 2.21. The van der Waals surface area contributed by atoms with Crippen molar-refractivity contribution in [1.82, 2.24) is 9.55 Å². The second kappa shape index (κ2) is 3.24. The molecule has 1 aliphatic rings. The van der Waals surface area contributed by atoms with Crippen LogP contribution in [0, 0.1) is 11.3 Å². The van der Waals surface area contributed by atoms with E-state index in [-0.39, 0.29) is 0 Å². The van der Waals surface area contributed by atoms with Crippen molar-refractivity contribution < 1.29 is 0 Å². The number of nitrogens with two attached hydrogens (primary N) is 1. The van der Waals surface area contributed by atoms with Gasteiger partial charge in [-0.2, -0.15) is 5.26 Å². The number of hydrogen-bond acceptors (Lipinski definition) is 3. The SMILES string of the molecule is N#Cc1ccc2nc(N)n(C3CCC3)c2c1. The largest absolute Gasteiger partial charge is 0.369 e. The second-order valence-corrected chi connectivity index (χ2v) is 4.24. The first-order chi connectivity index (χ1) is 7.79. The molecule has 1 saturated carbocycles. The predicted molar refractivity (Wildman–Crippen MR) is 61.7 cm³/mol. The zero-order valence-corrected chi connectivity index (χ0v) is 8.85. The number of aromatic nitrogens is 2. The van der Waals surface area contributed by atoms with Gasteiger partial charge in [0, 0.05) is 6.04 Å². The third-order valence-corrected chi connectivity index (χ3v) is 3.29. The lowest BCUT2D eigenvalue weighted by Crippen LogP contribution is -2.18. The van der Waals surface area contributed by atoms with E-state index in [0.29, 0.717) is 17.6 Å². The van der Waals surface area contributed by atoms with E-state index in [1.807, 2.05) is 12.1 Å².